The van der Waals surface area contributed by atoms with E-state index in [9.17, 15) is 0 Å². The second kappa shape index (κ2) is 5.65. The summed E-state index contributed by atoms with van der Waals surface area (Å²) in [5.41, 5.74) is 7.09. The monoisotopic (exact) mass is 236 g/mol. The number of hydrogen-bond donors (Lipinski definition) is 1. The summed E-state index contributed by atoms with van der Waals surface area (Å²) in [6, 6.07) is 0.0771. The third-order valence-corrected chi connectivity index (χ3v) is 3.82. The molecule has 0 saturated carbocycles. The highest BCUT2D eigenvalue weighted by Crippen LogP contribution is 2.20. The molecule has 0 unspecified atom stereocenters. The van der Waals surface area contributed by atoms with Gasteiger partial charge >= 0.3 is 0 Å². The summed E-state index contributed by atoms with van der Waals surface area (Å²) in [5.74, 6) is 0.782. The van der Waals surface area contributed by atoms with Crippen LogP contribution in [-0.4, -0.2) is 34.1 Å². The lowest BCUT2D eigenvalue weighted by atomic mass is 9.96. The Hall–Kier alpha value is -0.870. The predicted molar refractivity (Wildman–Crippen MR) is 69.7 cm³/mol. The third kappa shape index (κ3) is 3.07. The molecule has 2 heterocycles. The van der Waals surface area contributed by atoms with E-state index in [2.05, 4.69) is 21.4 Å². The Labute approximate surface area is 104 Å². The fourth-order valence-electron chi connectivity index (χ4n) is 2.63. The lowest BCUT2D eigenvalue weighted by Crippen LogP contribution is -2.34. The Kier molecular flexibility index (Phi) is 4.18. The summed E-state index contributed by atoms with van der Waals surface area (Å²) in [6.45, 7) is 9.00. The lowest BCUT2D eigenvalue weighted by Gasteiger charge is -2.31. The molecule has 1 aliphatic rings. The van der Waals surface area contributed by atoms with Gasteiger partial charge in [-0.3, -0.25) is 0 Å². The number of hydrogen-bond acceptors (Lipinski definition) is 3. The molecule has 4 heteroatoms. The van der Waals surface area contributed by atoms with E-state index in [1.165, 1.54) is 32.5 Å². The molecule has 0 amide bonds. The maximum atomic E-state index is 5.94. The van der Waals surface area contributed by atoms with Crippen molar-refractivity contribution in [2.75, 3.05) is 19.6 Å². The van der Waals surface area contributed by atoms with Gasteiger partial charge in [0.25, 0.3) is 0 Å². The van der Waals surface area contributed by atoms with Gasteiger partial charge in [-0.05, 0) is 45.3 Å². The molecule has 1 aromatic heterocycles. The van der Waals surface area contributed by atoms with E-state index < -0.39 is 0 Å². The SMILES string of the molecule is CCN1CCC(Cn2cncc2[C@H](C)N)CC1. The number of likely N-dealkylation sites (tertiary alicyclic amines) is 1. The number of nitrogens with two attached hydrogens (primary N) is 1. The van der Waals surface area contributed by atoms with Gasteiger partial charge in [0.15, 0.2) is 0 Å². The molecule has 0 bridgehead atoms. The number of piperidine rings is 1. The van der Waals surface area contributed by atoms with Crippen molar-refractivity contribution in [1.82, 2.24) is 14.5 Å². The minimum Gasteiger partial charge on any atom is -0.333 e. The molecule has 96 valence electrons. The van der Waals surface area contributed by atoms with Crippen LogP contribution in [0.5, 0.6) is 0 Å². The van der Waals surface area contributed by atoms with E-state index in [0.717, 1.165) is 18.2 Å². The van der Waals surface area contributed by atoms with Crippen molar-refractivity contribution in [3.63, 3.8) is 0 Å². The van der Waals surface area contributed by atoms with Crippen LogP contribution in [0.3, 0.4) is 0 Å². The molecule has 0 radical (unpaired) electrons. The predicted octanol–water partition coefficient (Wildman–Crippen LogP) is 1.63. The van der Waals surface area contributed by atoms with E-state index >= 15 is 0 Å². The second-order valence-electron chi connectivity index (χ2n) is 5.14. The van der Waals surface area contributed by atoms with Gasteiger partial charge in [-0.2, -0.15) is 0 Å². The first-order valence-electron chi connectivity index (χ1n) is 6.68. The normalized spacial score (nSPS) is 20.6. The average Bonchev–Trinajstić information content (AvgIpc) is 2.78. The molecule has 2 N–H and O–H groups in total. The van der Waals surface area contributed by atoms with E-state index in [1.807, 2.05) is 19.4 Å². The van der Waals surface area contributed by atoms with Gasteiger partial charge < -0.3 is 15.2 Å². The van der Waals surface area contributed by atoms with Crippen molar-refractivity contribution in [3.05, 3.63) is 18.2 Å². The van der Waals surface area contributed by atoms with E-state index in [4.69, 9.17) is 5.73 Å². The summed E-state index contributed by atoms with van der Waals surface area (Å²) in [7, 11) is 0. The standard InChI is InChI=1S/C13H24N4/c1-3-16-6-4-12(5-7-16)9-17-10-15-8-13(17)11(2)14/h8,10-12H,3-7,9,14H2,1-2H3/t11-/m0/s1. The molecule has 1 saturated heterocycles. The third-order valence-electron chi connectivity index (χ3n) is 3.82. The zero-order valence-corrected chi connectivity index (χ0v) is 11.0. The van der Waals surface area contributed by atoms with Gasteiger partial charge in [-0.15, -0.1) is 0 Å². The first-order valence-corrected chi connectivity index (χ1v) is 6.68. The number of aromatic nitrogens is 2. The van der Waals surface area contributed by atoms with Crippen molar-refractivity contribution in [2.24, 2.45) is 11.7 Å². The molecule has 1 aliphatic heterocycles. The molecule has 0 aromatic carbocycles. The molecule has 0 aliphatic carbocycles. The Balaban J connectivity index is 1.91. The molecule has 1 fully saturated rings. The van der Waals surface area contributed by atoms with Crippen LogP contribution in [0, 0.1) is 5.92 Å². The molecule has 4 nitrogen and oxygen atoms in total. The minimum atomic E-state index is 0.0771. The highest BCUT2D eigenvalue weighted by atomic mass is 15.1. The van der Waals surface area contributed by atoms with E-state index in [1.54, 1.807) is 0 Å². The topological polar surface area (TPSA) is 47.1 Å². The van der Waals surface area contributed by atoms with Crippen LogP contribution < -0.4 is 5.73 Å². The van der Waals surface area contributed by atoms with E-state index in [-0.39, 0.29) is 6.04 Å². The molecule has 2 rings (SSSR count). The Morgan fingerprint density at radius 3 is 2.76 bits per heavy atom. The number of imidazole rings is 1. The van der Waals surface area contributed by atoms with Crippen molar-refractivity contribution < 1.29 is 0 Å². The van der Waals surface area contributed by atoms with Crippen LogP contribution in [0.4, 0.5) is 0 Å². The second-order valence-corrected chi connectivity index (χ2v) is 5.14. The van der Waals surface area contributed by atoms with Crippen molar-refractivity contribution in [1.29, 1.82) is 0 Å². The van der Waals surface area contributed by atoms with Crippen LogP contribution in [0.1, 0.15) is 38.4 Å². The van der Waals surface area contributed by atoms with Crippen LogP contribution in [0.25, 0.3) is 0 Å². The van der Waals surface area contributed by atoms with Crippen LogP contribution in [-0.2, 0) is 6.54 Å². The quantitative estimate of drug-likeness (QED) is 0.864. The summed E-state index contributed by atoms with van der Waals surface area (Å²) in [6.07, 6.45) is 6.41. The number of rotatable bonds is 4. The summed E-state index contributed by atoms with van der Waals surface area (Å²) in [5, 5.41) is 0. The smallest absolute Gasteiger partial charge is 0.0948 e. The van der Waals surface area contributed by atoms with Gasteiger partial charge in [0.2, 0.25) is 0 Å². The molecule has 17 heavy (non-hydrogen) atoms. The molecule has 1 atom stereocenters. The highest BCUT2D eigenvalue weighted by molar-refractivity contribution is 5.03. The van der Waals surface area contributed by atoms with Gasteiger partial charge in [0.05, 0.1) is 12.0 Å². The maximum Gasteiger partial charge on any atom is 0.0948 e. The van der Waals surface area contributed by atoms with Crippen molar-refractivity contribution in [2.45, 2.75) is 39.3 Å². The molecular weight excluding hydrogens is 212 g/mol. The highest BCUT2D eigenvalue weighted by Gasteiger charge is 2.19. The van der Waals surface area contributed by atoms with Gasteiger partial charge in [-0.1, -0.05) is 6.92 Å². The fourth-order valence-corrected chi connectivity index (χ4v) is 2.63. The molecular formula is C13H24N4. The maximum absolute atomic E-state index is 5.94. The van der Waals surface area contributed by atoms with Crippen molar-refractivity contribution >= 4 is 0 Å². The minimum absolute atomic E-state index is 0.0771. The van der Waals surface area contributed by atoms with Gasteiger partial charge in [0, 0.05) is 18.8 Å². The van der Waals surface area contributed by atoms with Crippen LogP contribution in [0.15, 0.2) is 12.5 Å². The Morgan fingerprint density at radius 1 is 1.47 bits per heavy atom. The number of nitrogens with zero attached hydrogens (tertiary/aromatic N) is 3. The fraction of sp³-hybridized carbons (Fsp3) is 0.769. The molecule has 1 aromatic rings. The zero-order chi connectivity index (χ0) is 12.3. The van der Waals surface area contributed by atoms with Crippen LogP contribution in [0.2, 0.25) is 0 Å². The van der Waals surface area contributed by atoms with Crippen LogP contribution >= 0.6 is 0 Å². The Morgan fingerprint density at radius 2 is 2.18 bits per heavy atom. The summed E-state index contributed by atoms with van der Waals surface area (Å²) in [4.78, 5) is 6.74. The average molecular weight is 236 g/mol. The van der Waals surface area contributed by atoms with Crippen molar-refractivity contribution in [3.8, 4) is 0 Å². The first kappa shape index (κ1) is 12.6. The summed E-state index contributed by atoms with van der Waals surface area (Å²) < 4.78 is 2.23. The lowest BCUT2D eigenvalue weighted by molar-refractivity contribution is 0.180. The van der Waals surface area contributed by atoms with Gasteiger partial charge in [-0.25, -0.2) is 4.98 Å². The largest absolute Gasteiger partial charge is 0.333 e. The molecule has 0 spiro atoms. The zero-order valence-electron chi connectivity index (χ0n) is 11.0. The summed E-state index contributed by atoms with van der Waals surface area (Å²) >= 11 is 0. The van der Waals surface area contributed by atoms with Gasteiger partial charge in [0.1, 0.15) is 0 Å². The first-order chi connectivity index (χ1) is 8.20. The Bertz CT molecular complexity index is 337. The van der Waals surface area contributed by atoms with E-state index in [0.29, 0.717) is 0 Å².